The second kappa shape index (κ2) is 8.10. The van der Waals surface area contributed by atoms with Gasteiger partial charge in [-0.1, -0.05) is 71.1 Å². The van der Waals surface area contributed by atoms with Gasteiger partial charge in [-0.15, -0.1) is 0 Å². The standard InChI is InChI=1S/C20H41F3O2Si5/c1-26(2,3)20(27(4,5)6,18-15-13-17(14-16-18)19(21,22)23)30(24,29(10,11)12)25-28(7,8)9/h13-16,24H,1-12H3/t30-/m0/s1. The van der Waals surface area contributed by atoms with Crippen LogP contribution in [0.5, 0.6) is 0 Å². The Morgan fingerprint density at radius 1 is 0.667 bits per heavy atom. The molecular weight excluding hydrogens is 470 g/mol. The third-order valence-electron chi connectivity index (χ3n) is 5.87. The summed E-state index contributed by atoms with van der Waals surface area (Å²) in [6.07, 6.45) is -4.37. The average Bonchev–Trinajstić information content (AvgIpc) is 2.40. The molecule has 174 valence electrons. The Morgan fingerprint density at radius 2 is 1.00 bits per heavy atom. The van der Waals surface area contributed by atoms with Gasteiger partial charge in [0, 0.05) is 4.28 Å². The zero-order valence-electron chi connectivity index (χ0n) is 20.8. The van der Waals surface area contributed by atoms with Crippen molar-refractivity contribution in [1.29, 1.82) is 0 Å². The largest absolute Gasteiger partial charge is 0.438 e. The van der Waals surface area contributed by atoms with Crippen LogP contribution in [0.15, 0.2) is 24.3 Å². The van der Waals surface area contributed by atoms with Gasteiger partial charge in [-0.2, -0.15) is 13.2 Å². The quantitative estimate of drug-likeness (QED) is 0.403. The lowest BCUT2D eigenvalue weighted by Gasteiger charge is -2.63. The highest BCUT2D eigenvalue weighted by Gasteiger charge is 2.73. The first-order valence-electron chi connectivity index (χ1n) is 10.5. The molecule has 0 bridgehead atoms. The molecule has 30 heavy (non-hydrogen) atoms. The molecule has 0 aromatic heterocycles. The highest BCUT2D eigenvalue weighted by molar-refractivity contribution is 7.43. The molecule has 0 aliphatic rings. The molecule has 0 fully saturated rings. The Kier molecular flexibility index (Phi) is 7.57. The van der Waals surface area contributed by atoms with Crippen LogP contribution in [0.2, 0.25) is 78.6 Å². The van der Waals surface area contributed by atoms with Crippen LogP contribution in [-0.4, -0.2) is 44.9 Å². The van der Waals surface area contributed by atoms with Crippen molar-refractivity contribution in [2.75, 3.05) is 0 Å². The predicted octanol–water partition coefficient (Wildman–Crippen LogP) is 6.94. The van der Waals surface area contributed by atoms with Gasteiger partial charge in [0.1, 0.15) is 7.59 Å². The molecule has 0 saturated carbocycles. The molecule has 0 spiro atoms. The van der Waals surface area contributed by atoms with Gasteiger partial charge in [-0.3, -0.25) is 0 Å². The maximum absolute atomic E-state index is 13.3. The summed E-state index contributed by atoms with van der Waals surface area (Å²) in [4.78, 5) is 12.8. The van der Waals surface area contributed by atoms with Crippen LogP contribution in [0.3, 0.4) is 0 Å². The van der Waals surface area contributed by atoms with Gasteiger partial charge >= 0.3 is 14.3 Å². The summed E-state index contributed by atoms with van der Waals surface area (Å²) in [6, 6.07) is 5.67. The van der Waals surface area contributed by atoms with E-state index in [0.717, 1.165) is 5.56 Å². The summed E-state index contributed by atoms with van der Waals surface area (Å²) in [7, 11) is -12.2. The number of rotatable bonds is 7. The highest BCUT2D eigenvalue weighted by atomic mass is 29.3. The first-order chi connectivity index (χ1) is 12.9. The van der Waals surface area contributed by atoms with Crippen molar-refractivity contribution in [3.63, 3.8) is 0 Å². The monoisotopic (exact) mass is 510 g/mol. The zero-order chi connectivity index (χ0) is 24.2. The molecule has 1 atom stereocenters. The van der Waals surface area contributed by atoms with Crippen LogP contribution in [0.4, 0.5) is 13.2 Å². The summed E-state index contributed by atoms with van der Waals surface area (Å²) in [5, 5.41) is 0. The molecule has 0 amide bonds. The maximum Gasteiger partial charge on any atom is 0.416 e. The van der Waals surface area contributed by atoms with Crippen molar-refractivity contribution in [3.8, 4) is 0 Å². The fourth-order valence-corrected chi connectivity index (χ4v) is 55.3. The highest BCUT2D eigenvalue weighted by Crippen LogP contribution is 2.52. The van der Waals surface area contributed by atoms with Crippen LogP contribution < -0.4 is 0 Å². The lowest BCUT2D eigenvalue weighted by atomic mass is 10.1. The molecular formula is C20H41F3O2Si5. The van der Waals surface area contributed by atoms with E-state index in [2.05, 4.69) is 78.6 Å². The van der Waals surface area contributed by atoms with Gasteiger partial charge in [-0.25, -0.2) is 0 Å². The third-order valence-corrected chi connectivity index (χ3v) is 38.6. The molecule has 0 heterocycles. The Morgan fingerprint density at radius 3 is 1.23 bits per heavy atom. The van der Waals surface area contributed by atoms with Crippen molar-refractivity contribution in [3.05, 3.63) is 35.4 Å². The van der Waals surface area contributed by atoms with Gasteiger partial charge in [0.05, 0.1) is 21.7 Å². The van der Waals surface area contributed by atoms with Crippen molar-refractivity contribution >= 4 is 40.1 Å². The zero-order valence-corrected chi connectivity index (χ0v) is 25.8. The molecule has 10 heteroatoms. The molecule has 0 saturated heterocycles. The lowest BCUT2D eigenvalue weighted by Crippen LogP contribution is -2.86. The topological polar surface area (TPSA) is 29.5 Å². The summed E-state index contributed by atoms with van der Waals surface area (Å²) >= 11 is 0. The van der Waals surface area contributed by atoms with Crippen LogP contribution >= 0.6 is 0 Å². The van der Waals surface area contributed by atoms with E-state index >= 15 is 0 Å². The van der Waals surface area contributed by atoms with Crippen LogP contribution in [0.1, 0.15) is 11.1 Å². The van der Waals surface area contributed by atoms with E-state index in [4.69, 9.17) is 4.12 Å². The Hall–Kier alpha value is 0.0144. The van der Waals surface area contributed by atoms with E-state index in [1.807, 2.05) is 0 Å². The van der Waals surface area contributed by atoms with E-state index in [9.17, 15) is 18.0 Å². The smallest absolute Gasteiger partial charge is 0.416 e. The van der Waals surface area contributed by atoms with Crippen LogP contribution in [-0.2, 0) is 14.6 Å². The van der Waals surface area contributed by atoms with Crippen molar-refractivity contribution < 1.29 is 22.1 Å². The normalized spacial score (nSPS) is 17.1. The Bertz CT molecular complexity index is 725. The van der Waals surface area contributed by atoms with Crippen molar-refractivity contribution in [2.24, 2.45) is 0 Å². The van der Waals surface area contributed by atoms with E-state index in [1.54, 1.807) is 12.1 Å². The third kappa shape index (κ3) is 4.99. The fraction of sp³-hybridized carbons (Fsp3) is 0.700. The van der Waals surface area contributed by atoms with Gasteiger partial charge in [0.15, 0.2) is 8.32 Å². The Labute approximate surface area is 186 Å². The van der Waals surface area contributed by atoms with E-state index in [-0.39, 0.29) is 0 Å². The SMILES string of the molecule is C[Si](C)(C)O[Si@@](O)(C(c1ccc(C(F)(F)F)cc1)([Si](C)(C)C)[Si](C)(C)C)[Si](C)(C)C. The number of hydrogen-bond donors (Lipinski definition) is 1. The molecule has 1 aromatic carbocycles. The molecule has 0 aliphatic carbocycles. The minimum atomic E-state index is -4.37. The Balaban J connectivity index is 4.14. The minimum absolute atomic E-state index is 0.540. The van der Waals surface area contributed by atoms with Crippen molar-refractivity contribution in [1.82, 2.24) is 0 Å². The number of alkyl halides is 3. The van der Waals surface area contributed by atoms with Gasteiger partial charge in [0.25, 0.3) is 0 Å². The molecule has 1 aromatic rings. The summed E-state index contributed by atoms with van der Waals surface area (Å²) < 4.78 is 46.2. The second-order valence-corrected chi connectivity index (χ2v) is 42.5. The molecule has 1 N–H and O–H groups in total. The average molecular weight is 511 g/mol. The van der Waals surface area contributed by atoms with E-state index in [1.165, 1.54) is 12.1 Å². The number of benzene rings is 1. The molecule has 0 radical (unpaired) electrons. The molecule has 1 rings (SSSR count). The number of halogens is 3. The second-order valence-electron chi connectivity index (χ2n) is 12.4. The van der Waals surface area contributed by atoms with Gasteiger partial charge < -0.3 is 8.91 Å². The number of hydrogen-bond acceptors (Lipinski definition) is 2. The van der Waals surface area contributed by atoms with Crippen LogP contribution in [0, 0.1) is 0 Å². The van der Waals surface area contributed by atoms with E-state index in [0.29, 0.717) is 0 Å². The maximum atomic E-state index is 13.3. The summed E-state index contributed by atoms with van der Waals surface area (Å²) in [6.45, 7) is 26.4. The molecule has 0 unspecified atom stereocenters. The van der Waals surface area contributed by atoms with Crippen LogP contribution in [0.25, 0.3) is 0 Å². The van der Waals surface area contributed by atoms with Crippen molar-refractivity contribution in [2.45, 2.75) is 89.0 Å². The van der Waals surface area contributed by atoms with Gasteiger partial charge in [-0.05, 0) is 37.3 Å². The minimum Gasteiger partial charge on any atom is -0.438 e. The lowest BCUT2D eigenvalue weighted by molar-refractivity contribution is -0.137. The predicted molar refractivity (Wildman–Crippen MR) is 136 cm³/mol. The fourth-order valence-electron chi connectivity index (χ4n) is 5.35. The summed E-state index contributed by atoms with van der Waals surface area (Å²) in [5.41, 5.74) is 0.222. The van der Waals surface area contributed by atoms with E-state index < -0.39 is 56.2 Å². The first kappa shape index (κ1) is 28.0. The van der Waals surface area contributed by atoms with Gasteiger partial charge in [0.2, 0.25) is 0 Å². The molecule has 2 nitrogen and oxygen atoms in total. The first-order valence-corrected chi connectivity index (χ1v) is 27.3. The summed E-state index contributed by atoms with van der Waals surface area (Å²) in [5.74, 6) is 0. The molecule has 0 aliphatic heterocycles.